The average molecular weight is 445 g/mol. The normalized spacial score (nSPS) is 56.2. The van der Waals surface area contributed by atoms with Crippen LogP contribution in [-0.4, -0.2) is 33.1 Å². The van der Waals surface area contributed by atoms with Crippen LogP contribution in [0.2, 0.25) is 0 Å². The van der Waals surface area contributed by atoms with Gasteiger partial charge in [-0.15, -0.1) is 0 Å². The van der Waals surface area contributed by atoms with E-state index in [-0.39, 0.29) is 39.1 Å². The number of aliphatic hydroxyl groups is 3. The van der Waals surface area contributed by atoms with E-state index in [1.54, 1.807) is 0 Å². The molecule has 4 fully saturated rings. The molecule has 0 saturated heterocycles. The summed E-state index contributed by atoms with van der Waals surface area (Å²) in [6, 6.07) is 0. The number of hydrogen-bond donors (Lipinski definition) is 3. The number of hydrogen-bond acceptors (Lipinski definition) is 3. The second-order valence-corrected chi connectivity index (χ2v) is 14.8. The van der Waals surface area contributed by atoms with E-state index in [0.29, 0.717) is 24.7 Å². The fraction of sp³-hybridized carbons (Fsp3) is 0.931. The zero-order chi connectivity index (χ0) is 23.5. The first-order valence-corrected chi connectivity index (χ1v) is 13.4. The fourth-order valence-electron chi connectivity index (χ4n) is 10.3. The smallest absolute Gasteiger partial charge is 0.0971 e. The quantitative estimate of drug-likeness (QED) is 0.410. The molecule has 9 atom stereocenters. The maximum absolute atomic E-state index is 11.7. The van der Waals surface area contributed by atoms with Gasteiger partial charge >= 0.3 is 0 Å². The fourth-order valence-corrected chi connectivity index (χ4v) is 10.3. The van der Waals surface area contributed by atoms with Gasteiger partial charge in [-0.2, -0.15) is 0 Å². The van der Waals surface area contributed by atoms with Crippen molar-refractivity contribution in [2.24, 2.45) is 44.8 Å². The van der Waals surface area contributed by atoms with Crippen molar-refractivity contribution in [3.63, 3.8) is 0 Å². The molecular weight excluding hydrogens is 396 g/mol. The van der Waals surface area contributed by atoms with Crippen molar-refractivity contribution >= 4 is 0 Å². The highest BCUT2D eigenvalue weighted by Gasteiger charge is 2.69. The van der Waals surface area contributed by atoms with Gasteiger partial charge in [-0.1, -0.05) is 60.1 Å². The molecule has 0 radical (unpaired) electrons. The summed E-state index contributed by atoms with van der Waals surface area (Å²) in [6.07, 6.45) is 10.4. The van der Waals surface area contributed by atoms with Crippen LogP contribution in [0.1, 0.15) is 106 Å². The molecule has 0 amide bonds. The van der Waals surface area contributed by atoms with Crippen LogP contribution in [0.5, 0.6) is 0 Å². The molecule has 0 spiro atoms. The largest absolute Gasteiger partial charge is 0.393 e. The molecule has 0 aromatic carbocycles. The number of allylic oxidation sites excluding steroid dienone is 1. The Labute approximate surface area is 196 Å². The van der Waals surface area contributed by atoms with Gasteiger partial charge in [0.25, 0.3) is 0 Å². The number of aliphatic hydroxyl groups excluding tert-OH is 2. The van der Waals surface area contributed by atoms with Gasteiger partial charge in [-0.05, 0) is 96.7 Å². The summed E-state index contributed by atoms with van der Waals surface area (Å²) >= 11 is 0. The Balaban J connectivity index is 1.60. The molecule has 0 aromatic rings. The minimum absolute atomic E-state index is 0.0427. The Hall–Kier alpha value is -0.380. The van der Waals surface area contributed by atoms with Crippen molar-refractivity contribution in [2.45, 2.75) is 124 Å². The van der Waals surface area contributed by atoms with Crippen molar-refractivity contribution in [2.75, 3.05) is 0 Å². The predicted molar refractivity (Wildman–Crippen MR) is 129 cm³/mol. The maximum Gasteiger partial charge on any atom is 0.0971 e. The molecule has 4 saturated carbocycles. The third-order valence-corrected chi connectivity index (χ3v) is 12.6. The first kappa shape index (κ1) is 23.4. The van der Waals surface area contributed by atoms with Gasteiger partial charge in [0.05, 0.1) is 17.8 Å². The molecule has 32 heavy (non-hydrogen) atoms. The monoisotopic (exact) mass is 444 g/mol. The molecular formula is C29H48O3. The van der Waals surface area contributed by atoms with Gasteiger partial charge in [0, 0.05) is 5.92 Å². The van der Waals surface area contributed by atoms with E-state index < -0.39 is 11.7 Å². The van der Waals surface area contributed by atoms with Crippen LogP contribution in [0.15, 0.2) is 11.6 Å². The minimum Gasteiger partial charge on any atom is -0.393 e. The van der Waals surface area contributed by atoms with Gasteiger partial charge in [-0.25, -0.2) is 0 Å². The lowest BCUT2D eigenvalue weighted by Crippen LogP contribution is -2.68. The topological polar surface area (TPSA) is 60.7 Å². The molecule has 0 aliphatic heterocycles. The third-order valence-electron chi connectivity index (χ3n) is 12.6. The van der Waals surface area contributed by atoms with Crippen molar-refractivity contribution in [3.8, 4) is 0 Å². The van der Waals surface area contributed by atoms with E-state index in [4.69, 9.17) is 0 Å². The van der Waals surface area contributed by atoms with Crippen molar-refractivity contribution in [1.82, 2.24) is 0 Å². The van der Waals surface area contributed by atoms with Crippen molar-refractivity contribution < 1.29 is 15.3 Å². The highest BCUT2D eigenvalue weighted by atomic mass is 16.3. The molecule has 0 heterocycles. The Kier molecular flexibility index (Phi) is 4.85. The SMILES string of the molecule is CC1(C)CC[C@]2(O)[C@H](O)C[C@]3(C)C(=CCC4[C@@]5(C)CC[C@H](O)C(C)(C)[C@@H]5CC[C@]43C)[C@@H]2C1. The highest BCUT2D eigenvalue weighted by molar-refractivity contribution is 5.35. The number of rotatable bonds is 0. The summed E-state index contributed by atoms with van der Waals surface area (Å²) in [6.45, 7) is 16.7. The summed E-state index contributed by atoms with van der Waals surface area (Å²) in [7, 11) is 0. The van der Waals surface area contributed by atoms with E-state index >= 15 is 0 Å². The zero-order valence-corrected chi connectivity index (χ0v) is 21.7. The number of fused-ring (bicyclic) bond motifs is 7. The first-order valence-electron chi connectivity index (χ1n) is 13.4. The van der Waals surface area contributed by atoms with E-state index in [2.05, 4.69) is 54.5 Å². The molecule has 5 rings (SSSR count). The molecule has 0 bridgehead atoms. The van der Waals surface area contributed by atoms with Crippen LogP contribution in [0, 0.1) is 44.8 Å². The van der Waals surface area contributed by atoms with Crippen LogP contribution in [0.3, 0.4) is 0 Å². The zero-order valence-electron chi connectivity index (χ0n) is 21.7. The highest BCUT2D eigenvalue weighted by Crippen LogP contribution is 2.74. The van der Waals surface area contributed by atoms with E-state index in [0.717, 1.165) is 44.9 Å². The van der Waals surface area contributed by atoms with E-state index in [1.807, 2.05) is 0 Å². The van der Waals surface area contributed by atoms with E-state index in [9.17, 15) is 15.3 Å². The first-order chi connectivity index (χ1) is 14.6. The van der Waals surface area contributed by atoms with Crippen LogP contribution in [0.25, 0.3) is 0 Å². The van der Waals surface area contributed by atoms with Crippen LogP contribution in [-0.2, 0) is 0 Å². The van der Waals surface area contributed by atoms with Crippen molar-refractivity contribution in [3.05, 3.63) is 11.6 Å². The lowest BCUT2D eigenvalue weighted by molar-refractivity contribution is -0.228. The Morgan fingerprint density at radius 1 is 0.781 bits per heavy atom. The Morgan fingerprint density at radius 3 is 2.16 bits per heavy atom. The molecule has 5 aliphatic carbocycles. The molecule has 3 N–H and O–H groups in total. The third kappa shape index (κ3) is 2.71. The van der Waals surface area contributed by atoms with Gasteiger partial charge in [0.1, 0.15) is 0 Å². The van der Waals surface area contributed by atoms with Crippen LogP contribution < -0.4 is 0 Å². The minimum atomic E-state index is -0.956. The standard InChI is InChI=1S/C29H48O3/c1-24(2)14-15-29(32)19(16-24)18-8-9-21-26(5)12-11-22(30)25(3,4)20(26)10-13-27(21,6)28(18,7)17-23(29)31/h8,19-23,30-32H,9-17H2,1-7H3/t19-,20-,21?,22-,23+,26-,27+,28+,29+/m0/s1. The summed E-state index contributed by atoms with van der Waals surface area (Å²) in [4.78, 5) is 0. The summed E-state index contributed by atoms with van der Waals surface area (Å²) in [5.74, 6) is 1.17. The molecule has 5 aliphatic rings. The molecule has 3 nitrogen and oxygen atoms in total. The van der Waals surface area contributed by atoms with Gasteiger partial charge in [0.2, 0.25) is 0 Å². The van der Waals surface area contributed by atoms with Gasteiger partial charge < -0.3 is 15.3 Å². The second kappa shape index (κ2) is 6.64. The summed E-state index contributed by atoms with van der Waals surface area (Å²) in [5.41, 5.74) is 0.930. The molecule has 3 heteroatoms. The average Bonchev–Trinajstić information content (AvgIpc) is 2.68. The van der Waals surface area contributed by atoms with E-state index in [1.165, 1.54) is 5.57 Å². The molecule has 182 valence electrons. The van der Waals surface area contributed by atoms with Crippen molar-refractivity contribution in [1.29, 1.82) is 0 Å². The lowest BCUT2D eigenvalue weighted by atomic mass is 9.34. The Morgan fingerprint density at radius 2 is 1.47 bits per heavy atom. The molecule has 0 aromatic heterocycles. The van der Waals surface area contributed by atoms with Gasteiger partial charge in [-0.3, -0.25) is 0 Å². The predicted octanol–water partition coefficient (Wildman–Crippen LogP) is 5.86. The summed E-state index contributed by atoms with van der Waals surface area (Å²) in [5, 5.41) is 34.0. The van der Waals surface area contributed by atoms with Crippen LogP contribution >= 0.6 is 0 Å². The molecule has 1 unspecified atom stereocenters. The van der Waals surface area contributed by atoms with Crippen LogP contribution in [0.4, 0.5) is 0 Å². The Bertz CT molecular complexity index is 828. The maximum atomic E-state index is 11.7. The van der Waals surface area contributed by atoms with Gasteiger partial charge in [0.15, 0.2) is 0 Å². The second-order valence-electron chi connectivity index (χ2n) is 14.8. The lowest BCUT2D eigenvalue weighted by Gasteiger charge is -2.71. The summed E-state index contributed by atoms with van der Waals surface area (Å²) < 4.78 is 0.